The van der Waals surface area contributed by atoms with Crippen LogP contribution in [0.4, 0.5) is 15.8 Å². The topological polar surface area (TPSA) is 24.1 Å². The van der Waals surface area contributed by atoms with Gasteiger partial charge >= 0.3 is 0 Å². The van der Waals surface area contributed by atoms with Crippen LogP contribution >= 0.6 is 0 Å². The van der Waals surface area contributed by atoms with Gasteiger partial charge in [-0.3, -0.25) is 0 Å². The van der Waals surface area contributed by atoms with Crippen molar-refractivity contribution in [3.63, 3.8) is 0 Å². The fraction of sp³-hybridized carbons (Fsp3) is 0.200. The number of aryl methyl sites for hydroxylation is 1. The second-order valence-electron chi connectivity index (χ2n) is 4.20. The predicted octanol–water partition coefficient (Wildman–Crippen LogP) is 3.66. The lowest BCUT2D eigenvalue weighted by Crippen LogP contribution is -2.14. The summed E-state index contributed by atoms with van der Waals surface area (Å²) in [5.41, 5.74) is 2.86. The normalized spacial score (nSPS) is 10.1. The number of anilines is 2. The third kappa shape index (κ3) is 3.48. The maximum Gasteiger partial charge on any atom is 0.146 e. The molecule has 3 heteroatoms. The Morgan fingerprint density at radius 2 is 1.56 bits per heavy atom. The Labute approximate surface area is 107 Å². The molecule has 18 heavy (non-hydrogen) atoms. The number of halogens is 1. The van der Waals surface area contributed by atoms with E-state index in [2.05, 4.69) is 29.7 Å². The summed E-state index contributed by atoms with van der Waals surface area (Å²) >= 11 is 0. The minimum absolute atomic E-state index is 0.215. The zero-order chi connectivity index (χ0) is 12.8. The second kappa shape index (κ2) is 6.05. The zero-order valence-electron chi connectivity index (χ0n) is 10.4. The summed E-state index contributed by atoms with van der Waals surface area (Å²) in [4.78, 5) is 0. The van der Waals surface area contributed by atoms with E-state index < -0.39 is 0 Å². The third-order valence-electron chi connectivity index (χ3n) is 2.69. The van der Waals surface area contributed by atoms with E-state index in [0.29, 0.717) is 12.2 Å². The van der Waals surface area contributed by atoms with Gasteiger partial charge in [0.2, 0.25) is 0 Å². The molecular weight excluding hydrogens is 227 g/mol. The Bertz CT molecular complexity index is 494. The molecule has 0 fully saturated rings. The molecule has 0 aliphatic heterocycles. The minimum Gasteiger partial charge on any atom is -0.383 e. The average Bonchev–Trinajstić information content (AvgIpc) is 2.39. The SMILES string of the molecule is Cc1ccc(NCCNc2ccccc2F)cc1. The number of hydrogen-bond acceptors (Lipinski definition) is 2. The van der Waals surface area contributed by atoms with Gasteiger partial charge in [-0.15, -0.1) is 0 Å². The molecule has 2 nitrogen and oxygen atoms in total. The highest BCUT2D eigenvalue weighted by Gasteiger charge is 1.98. The van der Waals surface area contributed by atoms with E-state index in [0.717, 1.165) is 12.2 Å². The van der Waals surface area contributed by atoms with Crippen molar-refractivity contribution in [2.45, 2.75) is 6.92 Å². The zero-order valence-corrected chi connectivity index (χ0v) is 10.4. The molecule has 0 aliphatic carbocycles. The van der Waals surface area contributed by atoms with Crippen LogP contribution in [-0.4, -0.2) is 13.1 Å². The Morgan fingerprint density at radius 1 is 0.889 bits per heavy atom. The van der Waals surface area contributed by atoms with Crippen LogP contribution in [0.1, 0.15) is 5.56 Å². The van der Waals surface area contributed by atoms with Crippen molar-refractivity contribution in [2.24, 2.45) is 0 Å². The molecule has 2 aromatic rings. The van der Waals surface area contributed by atoms with Gasteiger partial charge in [-0.1, -0.05) is 29.8 Å². The van der Waals surface area contributed by atoms with Crippen LogP contribution in [-0.2, 0) is 0 Å². The van der Waals surface area contributed by atoms with Crippen molar-refractivity contribution in [1.29, 1.82) is 0 Å². The molecule has 94 valence electrons. The Hall–Kier alpha value is -2.03. The summed E-state index contributed by atoms with van der Waals surface area (Å²) in [5, 5.41) is 6.33. The van der Waals surface area contributed by atoms with Crippen LogP contribution in [0.25, 0.3) is 0 Å². The van der Waals surface area contributed by atoms with Crippen LogP contribution in [0.5, 0.6) is 0 Å². The lowest BCUT2D eigenvalue weighted by Gasteiger charge is -2.09. The van der Waals surface area contributed by atoms with Gasteiger partial charge in [0.15, 0.2) is 0 Å². The standard InChI is InChI=1S/C15H17FN2/c1-12-6-8-13(9-7-12)17-10-11-18-15-5-3-2-4-14(15)16/h2-9,17-18H,10-11H2,1H3. The van der Waals surface area contributed by atoms with Gasteiger partial charge in [0.25, 0.3) is 0 Å². The first-order valence-electron chi connectivity index (χ1n) is 6.04. The third-order valence-corrected chi connectivity index (χ3v) is 2.69. The molecule has 0 bridgehead atoms. The predicted molar refractivity (Wildman–Crippen MR) is 74.6 cm³/mol. The molecule has 2 rings (SSSR count). The molecule has 2 N–H and O–H groups in total. The summed E-state index contributed by atoms with van der Waals surface area (Å²) in [6.07, 6.45) is 0. The molecular formula is C15H17FN2. The van der Waals surface area contributed by atoms with E-state index in [1.165, 1.54) is 11.6 Å². The van der Waals surface area contributed by atoms with E-state index in [-0.39, 0.29) is 5.82 Å². The van der Waals surface area contributed by atoms with Crippen LogP contribution in [0, 0.1) is 12.7 Å². The van der Waals surface area contributed by atoms with Crippen LogP contribution in [0.3, 0.4) is 0 Å². The molecule has 2 aromatic carbocycles. The highest BCUT2D eigenvalue weighted by molar-refractivity contribution is 5.46. The van der Waals surface area contributed by atoms with Crippen LogP contribution in [0.15, 0.2) is 48.5 Å². The van der Waals surface area contributed by atoms with Crippen molar-refractivity contribution >= 4 is 11.4 Å². The Kier molecular flexibility index (Phi) is 4.18. The summed E-state index contributed by atoms with van der Waals surface area (Å²) < 4.78 is 13.3. The lowest BCUT2D eigenvalue weighted by molar-refractivity contribution is 0.630. The van der Waals surface area contributed by atoms with Gasteiger partial charge in [0.1, 0.15) is 5.82 Å². The van der Waals surface area contributed by atoms with E-state index >= 15 is 0 Å². The summed E-state index contributed by atoms with van der Waals surface area (Å²) in [6, 6.07) is 14.9. The molecule has 0 saturated carbocycles. The maximum atomic E-state index is 13.3. The molecule has 0 aliphatic rings. The van der Waals surface area contributed by atoms with E-state index in [9.17, 15) is 4.39 Å². The number of rotatable bonds is 5. The van der Waals surface area contributed by atoms with Crippen LogP contribution < -0.4 is 10.6 Å². The largest absolute Gasteiger partial charge is 0.383 e. The Morgan fingerprint density at radius 3 is 2.28 bits per heavy atom. The fourth-order valence-corrected chi connectivity index (χ4v) is 1.68. The number of nitrogens with one attached hydrogen (secondary N) is 2. The van der Waals surface area contributed by atoms with Gasteiger partial charge in [0.05, 0.1) is 5.69 Å². The number of benzene rings is 2. The average molecular weight is 244 g/mol. The van der Waals surface area contributed by atoms with Gasteiger partial charge in [-0.25, -0.2) is 4.39 Å². The maximum absolute atomic E-state index is 13.3. The van der Waals surface area contributed by atoms with Gasteiger partial charge in [-0.2, -0.15) is 0 Å². The Balaban J connectivity index is 1.76. The first-order chi connectivity index (χ1) is 8.75. The van der Waals surface area contributed by atoms with Crippen molar-refractivity contribution < 1.29 is 4.39 Å². The number of para-hydroxylation sites is 1. The van der Waals surface area contributed by atoms with Crippen LogP contribution in [0.2, 0.25) is 0 Å². The molecule has 0 spiro atoms. The molecule has 0 aromatic heterocycles. The van der Waals surface area contributed by atoms with Crippen molar-refractivity contribution in [3.8, 4) is 0 Å². The molecule has 0 amide bonds. The molecule has 0 radical (unpaired) electrons. The molecule has 0 saturated heterocycles. The van der Waals surface area contributed by atoms with Crippen molar-refractivity contribution in [3.05, 3.63) is 59.9 Å². The minimum atomic E-state index is -0.215. The summed E-state index contributed by atoms with van der Waals surface area (Å²) in [6.45, 7) is 3.48. The number of hydrogen-bond donors (Lipinski definition) is 2. The van der Waals surface area contributed by atoms with Gasteiger partial charge in [0, 0.05) is 18.8 Å². The van der Waals surface area contributed by atoms with Crippen molar-refractivity contribution in [2.75, 3.05) is 23.7 Å². The molecule has 0 unspecified atom stereocenters. The summed E-state index contributed by atoms with van der Waals surface area (Å²) in [7, 11) is 0. The van der Waals surface area contributed by atoms with Gasteiger partial charge in [-0.05, 0) is 31.2 Å². The fourth-order valence-electron chi connectivity index (χ4n) is 1.68. The van der Waals surface area contributed by atoms with E-state index in [4.69, 9.17) is 0 Å². The van der Waals surface area contributed by atoms with E-state index in [1.54, 1.807) is 12.1 Å². The van der Waals surface area contributed by atoms with E-state index in [1.807, 2.05) is 18.2 Å². The first-order valence-corrected chi connectivity index (χ1v) is 6.04. The second-order valence-corrected chi connectivity index (χ2v) is 4.20. The smallest absolute Gasteiger partial charge is 0.146 e. The highest BCUT2D eigenvalue weighted by atomic mass is 19.1. The van der Waals surface area contributed by atoms with Gasteiger partial charge < -0.3 is 10.6 Å². The molecule has 0 heterocycles. The quantitative estimate of drug-likeness (QED) is 0.784. The summed E-state index contributed by atoms with van der Waals surface area (Å²) in [5.74, 6) is -0.215. The monoisotopic (exact) mass is 244 g/mol. The lowest BCUT2D eigenvalue weighted by atomic mass is 10.2. The molecule has 0 atom stereocenters. The first kappa shape index (κ1) is 12.4. The van der Waals surface area contributed by atoms with Crippen molar-refractivity contribution in [1.82, 2.24) is 0 Å². The highest BCUT2D eigenvalue weighted by Crippen LogP contribution is 2.12.